The summed E-state index contributed by atoms with van der Waals surface area (Å²) >= 11 is 0. The Labute approximate surface area is 133 Å². The molecule has 0 bridgehead atoms. The van der Waals surface area contributed by atoms with E-state index in [0.29, 0.717) is 0 Å². The molecule has 4 rings (SSSR count). The van der Waals surface area contributed by atoms with Crippen LogP contribution in [-0.2, 0) is 12.8 Å². The molecule has 1 aliphatic carbocycles. The van der Waals surface area contributed by atoms with E-state index in [1.165, 1.54) is 11.6 Å². The minimum atomic E-state index is -0.375. The van der Waals surface area contributed by atoms with Crippen LogP contribution in [0, 0.1) is 10.1 Å². The molecule has 1 aliphatic rings. The first-order chi connectivity index (χ1) is 11.2. The highest BCUT2D eigenvalue weighted by Crippen LogP contribution is 2.36. The average Bonchev–Trinajstić information content (AvgIpc) is 3.03. The number of pyridine rings is 1. The third-order valence-corrected chi connectivity index (χ3v) is 4.25. The van der Waals surface area contributed by atoms with Crippen molar-refractivity contribution in [3.05, 3.63) is 69.9 Å². The standard InChI is InChI=1S/C18H15N3O2/c22-21(23)13-6-3-5-12(11-13)19-18-14-7-1-2-9-16(14)20-17-10-4-8-15(17)18/h1-3,5-7,9,11H,4,8,10H2,(H,19,20). The van der Waals surface area contributed by atoms with Crippen LogP contribution in [0.15, 0.2) is 48.5 Å². The van der Waals surface area contributed by atoms with Crippen LogP contribution in [-0.4, -0.2) is 9.91 Å². The zero-order valence-corrected chi connectivity index (χ0v) is 12.5. The van der Waals surface area contributed by atoms with Crippen LogP contribution in [0.2, 0.25) is 0 Å². The molecule has 0 saturated heterocycles. The van der Waals surface area contributed by atoms with Crippen molar-refractivity contribution in [2.75, 3.05) is 5.32 Å². The fraction of sp³-hybridized carbons (Fsp3) is 0.167. The smallest absolute Gasteiger partial charge is 0.271 e. The van der Waals surface area contributed by atoms with Crippen molar-refractivity contribution in [3.63, 3.8) is 0 Å². The topological polar surface area (TPSA) is 68.1 Å². The Balaban J connectivity index is 1.85. The Bertz CT molecular complexity index is 921. The SMILES string of the molecule is O=[N+]([O-])c1cccc(Nc2c3c(nc4ccccc24)CCC3)c1. The van der Waals surface area contributed by atoms with Gasteiger partial charge in [-0.25, -0.2) is 0 Å². The number of anilines is 2. The maximum Gasteiger partial charge on any atom is 0.271 e. The van der Waals surface area contributed by atoms with Crippen molar-refractivity contribution in [1.29, 1.82) is 0 Å². The van der Waals surface area contributed by atoms with Gasteiger partial charge in [0.05, 0.1) is 16.1 Å². The van der Waals surface area contributed by atoms with Gasteiger partial charge in [0.15, 0.2) is 0 Å². The maximum absolute atomic E-state index is 11.0. The van der Waals surface area contributed by atoms with E-state index < -0.39 is 0 Å². The second-order valence-corrected chi connectivity index (χ2v) is 5.72. The van der Waals surface area contributed by atoms with Crippen molar-refractivity contribution >= 4 is 28.0 Å². The minimum absolute atomic E-state index is 0.0880. The fourth-order valence-electron chi connectivity index (χ4n) is 3.20. The molecule has 0 aliphatic heterocycles. The van der Waals surface area contributed by atoms with Crippen LogP contribution in [0.3, 0.4) is 0 Å². The second kappa shape index (κ2) is 5.35. The normalized spacial score (nSPS) is 13.0. The first kappa shape index (κ1) is 13.7. The minimum Gasteiger partial charge on any atom is -0.354 e. The van der Waals surface area contributed by atoms with E-state index >= 15 is 0 Å². The predicted molar refractivity (Wildman–Crippen MR) is 90.1 cm³/mol. The Morgan fingerprint density at radius 2 is 1.96 bits per heavy atom. The number of benzene rings is 2. The summed E-state index contributed by atoms with van der Waals surface area (Å²) in [6.07, 6.45) is 3.08. The lowest BCUT2D eigenvalue weighted by molar-refractivity contribution is -0.384. The number of nitro groups is 1. The maximum atomic E-state index is 11.0. The van der Waals surface area contributed by atoms with E-state index in [9.17, 15) is 10.1 Å². The molecule has 2 aromatic carbocycles. The molecule has 3 aromatic rings. The van der Waals surface area contributed by atoms with Gasteiger partial charge in [0.25, 0.3) is 5.69 Å². The van der Waals surface area contributed by atoms with Crippen LogP contribution in [0.25, 0.3) is 10.9 Å². The van der Waals surface area contributed by atoms with Crippen molar-refractivity contribution in [1.82, 2.24) is 4.98 Å². The van der Waals surface area contributed by atoms with Gasteiger partial charge >= 0.3 is 0 Å². The molecule has 23 heavy (non-hydrogen) atoms. The van der Waals surface area contributed by atoms with Gasteiger partial charge in [-0.15, -0.1) is 0 Å². The number of aromatic nitrogens is 1. The van der Waals surface area contributed by atoms with Gasteiger partial charge in [-0.1, -0.05) is 24.3 Å². The first-order valence-electron chi connectivity index (χ1n) is 7.64. The van der Waals surface area contributed by atoms with Crippen molar-refractivity contribution in [2.45, 2.75) is 19.3 Å². The van der Waals surface area contributed by atoms with Gasteiger partial charge < -0.3 is 5.32 Å². The number of aryl methyl sites for hydroxylation is 1. The Morgan fingerprint density at radius 1 is 1.09 bits per heavy atom. The lowest BCUT2D eigenvalue weighted by Gasteiger charge is -2.14. The van der Waals surface area contributed by atoms with Gasteiger partial charge in [0, 0.05) is 28.9 Å². The van der Waals surface area contributed by atoms with Gasteiger partial charge in [-0.05, 0) is 37.0 Å². The van der Waals surface area contributed by atoms with Crippen LogP contribution in [0.5, 0.6) is 0 Å². The van der Waals surface area contributed by atoms with Gasteiger partial charge in [-0.2, -0.15) is 0 Å². The number of para-hydroxylation sites is 1. The van der Waals surface area contributed by atoms with E-state index in [-0.39, 0.29) is 10.6 Å². The molecular formula is C18H15N3O2. The molecule has 0 saturated carbocycles. The third-order valence-electron chi connectivity index (χ3n) is 4.25. The van der Waals surface area contributed by atoms with E-state index in [1.54, 1.807) is 12.1 Å². The number of non-ortho nitro benzene ring substituents is 1. The highest BCUT2D eigenvalue weighted by atomic mass is 16.6. The summed E-state index contributed by atoms with van der Waals surface area (Å²) in [5.74, 6) is 0. The highest BCUT2D eigenvalue weighted by Gasteiger charge is 2.19. The number of hydrogen-bond acceptors (Lipinski definition) is 4. The molecule has 5 heteroatoms. The number of hydrogen-bond donors (Lipinski definition) is 1. The monoisotopic (exact) mass is 305 g/mol. The molecule has 1 aromatic heterocycles. The zero-order chi connectivity index (χ0) is 15.8. The molecule has 0 fully saturated rings. The van der Waals surface area contributed by atoms with Crippen molar-refractivity contribution in [2.24, 2.45) is 0 Å². The van der Waals surface area contributed by atoms with Crippen LogP contribution >= 0.6 is 0 Å². The highest BCUT2D eigenvalue weighted by molar-refractivity contribution is 5.95. The van der Waals surface area contributed by atoms with Gasteiger partial charge in [-0.3, -0.25) is 15.1 Å². The molecule has 0 spiro atoms. The molecule has 1 heterocycles. The summed E-state index contributed by atoms with van der Waals surface area (Å²) in [6, 6.07) is 14.6. The van der Waals surface area contributed by atoms with Crippen molar-refractivity contribution in [3.8, 4) is 0 Å². The van der Waals surface area contributed by atoms with E-state index in [4.69, 9.17) is 4.98 Å². The summed E-state index contributed by atoms with van der Waals surface area (Å²) in [5.41, 5.74) is 5.17. The quantitative estimate of drug-likeness (QED) is 0.576. The third kappa shape index (κ3) is 2.40. The molecular weight excluding hydrogens is 290 g/mol. The van der Waals surface area contributed by atoms with E-state index in [1.807, 2.05) is 30.3 Å². The van der Waals surface area contributed by atoms with Gasteiger partial charge in [0.1, 0.15) is 0 Å². The number of rotatable bonds is 3. The second-order valence-electron chi connectivity index (χ2n) is 5.72. The van der Waals surface area contributed by atoms with Gasteiger partial charge in [0.2, 0.25) is 0 Å². The molecule has 1 N–H and O–H groups in total. The van der Waals surface area contributed by atoms with E-state index in [2.05, 4.69) is 5.32 Å². The fourth-order valence-corrected chi connectivity index (χ4v) is 3.20. The molecule has 0 amide bonds. The summed E-state index contributed by atoms with van der Waals surface area (Å²) in [5, 5.41) is 15.4. The van der Waals surface area contributed by atoms with Crippen LogP contribution < -0.4 is 5.32 Å². The van der Waals surface area contributed by atoms with E-state index in [0.717, 1.165) is 47.2 Å². The Kier molecular flexibility index (Phi) is 3.19. The average molecular weight is 305 g/mol. The summed E-state index contributed by atoms with van der Waals surface area (Å²) in [4.78, 5) is 15.4. The number of fused-ring (bicyclic) bond motifs is 2. The zero-order valence-electron chi connectivity index (χ0n) is 12.5. The Morgan fingerprint density at radius 3 is 2.83 bits per heavy atom. The van der Waals surface area contributed by atoms with Crippen LogP contribution in [0.1, 0.15) is 17.7 Å². The lowest BCUT2D eigenvalue weighted by Crippen LogP contribution is -2.00. The lowest BCUT2D eigenvalue weighted by atomic mass is 10.1. The van der Waals surface area contributed by atoms with Crippen LogP contribution in [0.4, 0.5) is 17.1 Å². The molecule has 0 radical (unpaired) electrons. The van der Waals surface area contributed by atoms with Crippen molar-refractivity contribution < 1.29 is 4.92 Å². The summed E-state index contributed by atoms with van der Waals surface area (Å²) in [7, 11) is 0. The first-order valence-corrected chi connectivity index (χ1v) is 7.64. The number of nitro benzene ring substituents is 1. The Hall–Kier alpha value is -2.95. The molecule has 0 unspecified atom stereocenters. The summed E-state index contributed by atoms with van der Waals surface area (Å²) < 4.78 is 0. The number of nitrogens with zero attached hydrogens (tertiary/aromatic N) is 2. The largest absolute Gasteiger partial charge is 0.354 e. The summed E-state index contributed by atoms with van der Waals surface area (Å²) in [6.45, 7) is 0. The molecule has 0 atom stereocenters. The number of nitrogens with one attached hydrogen (secondary N) is 1. The predicted octanol–water partition coefficient (Wildman–Crippen LogP) is 4.38. The molecule has 114 valence electrons. The molecule has 5 nitrogen and oxygen atoms in total.